The summed E-state index contributed by atoms with van der Waals surface area (Å²) in [4.78, 5) is 8.98. The predicted molar refractivity (Wildman–Crippen MR) is 147 cm³/mol. The molecular weight excluding hydrogens is 483 g/mol. The molecule has 38 heavy (non-hydrogen) atoms. The van der Waals surface area contributed by atoms with Gasteiger partial charge in [0.15, 0.2) is 5.82 Å². The number of rotatable bonds is 5. The second-order valence-electron chi connectivity index (χ2n) is 9.07. The molecule has 0 bridgehead atoms. The summed E-state index contributed by atoms with van der Waals surface area (Å²) in [7, 11) is 0. The van der Waals surface area contributed by atoms with Crippen LogP contribution in [0.15, 0.2) is 115 Å². The van der Waals surface area contributed by atoms with E-state index in [1.165, 1.54) is 22.9 Å². The highest BCUT2D eigenvalue weighted by atomic mass is 19.4. The third kappa shape index (κ3) is 4.68. The molecule has 3 nitrogen and oxygen atoms in total. The number of nitrogens with zero attached hydrogens (tertiary/aromatic N) is 2. The molecule has 0 aliphatic heterocycles. The first-order valence-corrected chi connectivity index (χ1v) is 12.2. The van der Waals surface area contributed by atoms with Gasteiger partial charge in [-0.3, -0.25) is 0 Å². The van der Waals surface area contributed by atoms with E-state index in [1.807, 2.05) is 42.5 Å². The zero-order chi connectivity index (χ0) is 26.1. The first-order chi connectivity index (χ1) is 18.5. The predicted octanol–water partition coefficient (Wildman–Crippen LogP) is 8.75. The SMILES string of the molecule is FC(F)(F)c1ccccc1-c1nc(NCc2ccc(-c3ccc4ccccc4c3)cc2)c2ccccc2n1. The topological polar surface area (TPSA) is 37.8 Å². The molecule has 0 amide bonds. The molecule has 0 aliphatic rings. The van der Waals surface area contributed by atoms with Gasteiger partial charge in [-0.05, 0) is 51.7 Å². The van der Waals surface area contributed by atoms with Crippen LogP contribution in [0.25, 0.3) is 44.2 Å². The van der Waals surface area contributed by atoms with Gasteiger partial charge in [0.25, 0.3) is 0 Å². The second kappa shape index (κ2) is 9.63. The number of benzene rings is 5. The highest BCUT2D eigenvalue weighted by molar-refractivity contribution is 5.91. The molecule has 0 saturated carbocycles. The van der Waals surface area contributed by atoms with E-state index in [0.29, 0.717) is 17.9 Å². The van der Waals surface area contributed by atoms with Gasteiger partial charge in [0, 0.05) is 17.5 Å². The lowest BCUT2D eigenvalue weighted by atomic mass is 10.0. The van der Waals surface area contributed by atoms with Crippen molar-refractivity contribution in [2.45, 2.75) is 12.7 Å². The summed E-state index contributed by atoms with van der Waals surface area (Å²) in [5.74, 6) is 0.520. The molecule has 0 radical (unpaired) electrons. The van der Waals surface area contributed by atoms with Crippen LogP contribution in [0.2, 0.25) is 0 Å². The third-order valence-electron chi connectivity index (χ3n) is 6.57. The molecule has 186 valence electrons. The summed E-state index contributed by atoms with van der Waals surface area (Å²) in [6.07, 6.45) is -4.51. The number of aromatic nitrogens is 2. The smallest absolute Gasteiger partial charge is 0.365 e. The summed E-state index contributed by atoms with van der Waals surface area (Å²) in [5, 5.41) is 6.46. The Hall–Kier alpha value is -4.71. The van der Waals surface area contributed by atoms with Crippen molar-refractivity contribution in [2.24, 2.45) is 0 Å². The summed E-state index contributed by atoms with van der Waals surface area (Å²) in [6, 6.07) is 35.6. The Balaban J connectivity index is 1.29. The fraction of sp³-hybridized carbons (Fsp3) is 0.0625. The fourth-order valence-corrected chi connectivity index (χ4v) is 4.63. The Morgan fingerprint density at radius 2 is 1.32 bits per heavy atom. The monoisotopic (exact) mass is 505 g/mol. The van der Waals surface area contributed by atoms with Crippen molar-refractivity contribution < 1.29 is 13.2 Å². The van der Waals surface area contributed by atoms with Crippen LogP contribution in [-0.4, -0.2) is 9.97 Å². The average Bonchev–Trinajstić information content (AvgIpc) is 2.95. The summed E-state index contributed by atoms with van der Waals surface area (Å²) in [6.45, 7) is 0.458. The first-order valence-electron chi connectivity index (χ1n) is 12.2. The molecule has 0 aliphatic carbocycles. The molecule has 6 aromatic rings. The zero-order valence-corrected chi connectivity index (χ0v) is 20.2. The largest absolute Gasteiger partial charge is 0.417 e. The normalized spacial score (nSPS) is 11.7. The molecule has 0 unspecified atom stereocenters. The van der Waals surface area contributed by atoms with Crippen molar-refractivity contribution in [3.63, 3.8) is 0 Å². The zero-order valence-electron chi connectivity index (χ0n) is 20.2. The summed E-state index contributed by atoms with van der Waals surface area (Å²) < 4.78 is 41.0. The molecular formula is C32H22F3N3. The van der Waals surface area contributed by atoms with Gasteiger partial charge in [-0.25, -0.2) is 9.97 Å². The van der Waals surface area contributed by atoms with E-state index in [-0.39, 0.29) is 11.4 Å². The molecule has 0 spiro atoms. The minimum atomic E-state index is -4.51. The van der Waals surface area contributed by atoms with Crippen LogP contribution in [0.3, 0.4) is 0 Å². The maximum atomic E-state index is 13.7. The van der Waals surface area contributed by atoms with Crippen LogP contribution in [0.4, 0.5) is 19.0 Å². The average molecular weight is 506 g/mol. The Bertz CT molecular complexity index is 1760. The lowest BCUT2D eigenvalue weighted by molar-refractivity contribution is -0.137. The number of hydrogen-bond donors (Lipinski definition) is 1. The third-order valence-corrected chi connectivity index (χ3v) is 6.57. The summed E-state index contributed by atoms with van der Waals surface area (Å²) >= 11 is 0. The number of anilines is 1. The number of fused-ring (bicyclic) bond motifs is 2. The molecule has 0 fully saturated rings. The van der Waals surface area contributed by atoms with Crippen LogP contribution >= 0.6 is 0 Å². The van der Waals surface area contributed by atoms with Crippen LogP contribution < -0.4 is 5.32 Å². The van der Waals surface area contributed by atoms with Gasteiger partial charge < -0.3 is 5.32 Å². The molecule has 1 heterocycles. The fourth-order valence-electron chi connectivity index (χ4n) is 4.63. The number of hydrogen-bond acceptors (Lipinski definition) is 3. The van der Waals surface area contributed by atoms with Gasteiger partial charge in [0.1, 0.15) is 5.82 Å². The van der Waals surface area contributed by atoms with E-state index < -0.39 is 11.7 Å². The van der Waals surface area contributed by atoms with Crippen molar-refractivity contribution in [3.05, 3.63) is 126 Å². The van der Waals surface area contributed by atoms with Gasteiger partial charge in [-0.2, -0.15) is 13.2 Å². The van der Waals surface area contributed by atoms with Crippen LogP contribution in [0.1, 0.15) is 11.1 Å². The van der Waals surface area contributed by atoms with Crippen molar-refractivity contribution in [1.29, 1.82) is 0 Å². The van der Waals surface area contributed by atoms with E-state index in [0.717, 1.165) is 28.1 Å². The first kappa shape index (κ1) is 23.7. The molecule has 0 saturated heterocycles. The Kier molecular flexibility index (Phi) is 6.00. The number of nitrogens with one attached hydrogen (secondary N) is 1. The van der Waals surface area contributed by atoms with Gasteiger partial charge in [0.2, 0.25) is 0 Å². The molecule has 0 atom stereocenters. The molecule has 5 aromatic carbocycles. The second-order valence-corrected chi connectivity index (χ2v) is 9.07. The minimum Gasteiger partial charge on any atom is -0.365 e. The van der Waals surface area contributed by atoms with E-state index >= 15 is 0 Å². The quantitative estimate of drug-likeness (QED) is 0.255. The van der Waals surface area contributed by atoms with E-state index in [9.17, 15) is 13.2 Å². The lowest BCUT2D eigenvalue weighted by Crippen LogP contribution is -2.09. The molecule has 1 N–H and O–H groups in total. The molecule has 6 heteroatoms. The minimum absolute atomic E-state index is 0.0331. The van der Waals surface area contributed by atoms with E-state index in [2.05, 4.69) is 57.7 Å². The molecule has 6 rings (SSSR count). The highest BCUT2D eigenvalue weighted by Crippen LogP contribution is 2.37. The highest BCUT2D eigenvalue weighted by Gasteiger charge is 2.34. The van der Waals surface area contributed by atoms with Crippen molar-refractivity contribution >= 4 is 27.5 Å². The van der Waals surface area contributed by atoms with E-state index in [1.54, 1.807) is 12.1 Å². The van der Waals surface area contributed by atoms with Gasteiger partial charge in [-0.15, -0.1) is 0 Å². The molecule has 1 aromatic heterocycles. The Morgan fingerprint density at radius 1 is 0.632 bits per heavy atom. The van der Waals surface area contributed by atoms with Crippen LogP contribution in [0.5, 0.6) is 0 Å². The van der Waals surface area contributed by atoms with Gasteiger partial charge >= 0.3 is 6.18 Å². The lowest BCUT2D eigenvalue weighted by Gasteiger charge is -2.15. The van der Waals surface area contributed by atoms with Crippen molar-refractivity contribution in [3.8, 4) is 22.5 Å². The van der Waals surface area contributed by atoms with Crippen molar-refractivity contribution in [2.75, 3.05) is 5.32 Å². The number of halogens is 3. The number of para-hydroxylation sites is 1. The van der Waals surface area contributed by atoms with E-state index in [4.69, 9.17) is 0 Å². The number of alkyl halides is 3. The standard InChI is InChI=1S/C32H22F3N3/c33-32(34,35)28-11-5-3-9-26(28)31-37-29-12-6-4-10-27(29)30(38-31)36-20-21-13-15-23(16-14-21)25-18-17-22-7-1-2-8-24(22)19-25/h1-19H,20H2,(H,36,37,38). The van der Waals surface area contributed by atoms with Gasteiger partial charge in [-0.1, -0.05) is 91.0 Å². The summed E-state index contributed by atoms with van der Waals surface area (Å²) in [5.41, 5.74) is 3.04. The maximum Gasteiger partial charge on any atom is 0.417 e. The maximum absolute atomic E-state index is 13.7. The van der Waals surface area contributed by atoms with Crippen molar-refractivity contribution in [1.82, 2.24) is 9.97 Å². The van der Waals surface area contributed by atoms with Gasteiger partial charge in [0.05, 0.1) is 11.1 Å². The van der Waals surface area contributed by atoms with Crippen LogP contribution in [0, 0.1) is 0 Å². The van der Waals surface area contributed by atoms with Crippen LogP contribution in [-0.2, 0) is 12.7 Å². The Morgan fingerprint density at radius 3 is 2.13 bits per heavy atom. The Labute approximate surface area is 217 Å².